The summed E-state index contributed by atoms with van der Waals surface area (Å²) >= 11 is 0. The maximum atomic E-state index is 11.4. The minimum atomic E-state index is -0.334. The van der Waals surface area contributed by atoms with E-state index in [1.54, 1.807) is 24.7 Å². The molecule has 1 aromatic carbocycles. The van der Waals surface area contributed by atoms with Crippen LogP contribution >= 0.6 is 0 Å². The maximum absolute atomic E-state index is 11.4. The van der Waals surface area contributed by atoms with Crippen LogP contribution in [0.25, 0.3) is 0 Å². The number of nitrogens with one attached hydrogen (secondary N) is 1. The first-order valence-corrected chi connectivity index (χ1v) is 6.87. The van der Waals surface area contributed by atoms with Crippen LogP contribution in [-0.2, 0) is 6.54 Å². The third kappa shape index (κ3) is 3.53. The van der Waals surface area contributed by atoms with Gasteiger partial charge in [0, 0.05) is 25.7 Å². The second-order valence-corrected chi connectivity index (χ2v) is 4.84. The van der Waals surface area contributed by atoms with Gasteiger partial charge in [-0.2, -0.15) is 0 Å². The largest absolute Gasteiger partial charge is 0.472 e. The van der Waals surface area contributed by atoms with Crippen LogP contribution in [0.2, 0.25) is 0 Å². The summed E-state index contributed by atoms with van der Waals surface area (Å²) in [6.45, 7) is 3.28. The van der Waals surface area contributed by atoms with E-state index in [2.05, 4.69) is 5.32 Å². The molecule has 0 aliphatic carbocycles. The number of anilines is 2. The van der Waals surface area contributed by atoms with Gasteiger partial charge in [-0.1, -0.05) is 13.0 Å². The molecule has 0 atom stereocenters. The molecule has 0 saturated carbocycles. The lowest BCUT2D eigenvalue weighted by Crippen LogP contribution is -2.18. The second-order valence-electron chi connectivity index (χ2n) is 4.84. The summed E-state index contributed by atoms with van der Waals surface area (Å²) in [4.78, 5) is 12.9. The summed E-state index contributed by atoms with van der Waals surface area (Å²) in [7, 11) is 1.83. The van der Waals surface area contributed by atoms with Gasteiger partial charge in [-0.25, -0.2) is 0 Å². The number of furan rings is 1. The fraction of sp³-hybridized carbons (Fsp3) is 0.333. The first kappa shape index (κ1) is 14.9. The minimum absolute atomic E-state index is 0.108. The van der Waals surface area contributed by atoms with Gasteiger partial charge in [-0.3, -0.25) is 10.1 Å². The molecule has 1 N–H and O–H groups in total. The first-order valence-electron chi connectivity index (χ1n) is 6.87. The van der Waals surface area contributed by atoms with Crippen molar-refractivity contribution in [2.45, 2.75) is 19.9 Å². The number of nitro groups is 1. The van der Waals surface area contributed by atoms with E-state index in [4.69, 9.17) is 4.42 Å². The molecule has 0 radical (unpaired) electrons. The van der Waals surface area contributed by atoms with Crippen LogP contribution in [0.3, 0.4) is 0 Å². The molecule has 6 nitrogen and oxygen atoms in total. The Morgan fingerprint density at radius 3 is 2.81 bits per heavy atom. The smallest absolute Gasteiger partial charge is 0.315 e. The SMILES string of the molecule is CCCNc1cccc(N(C)Cc2ccoc2)c1[N+](=O)[O-]. The van der Waals surface area contributed by atoms with Crippen molar-refractivity contribution in [3.05, 3.63) is 52.5 Å². The Hall–Kier alpha value is -2.50. The van der Waals surface area contributed by atoms with Gasteiger partial charge in [0.15, 0.2) is 0 Å². The van der Waals surface area contributed by atoms with Crippen LogP contribution < -0.4 is 10.2 Å². The van der Waals surface area contributed by atoms with Crippen molar-refractivity contribution in [3.63, 3.8) is 0 Å². The predicted octanol–water partition coefficient (Wildman–Crippen LogP) is 3.65. The fourth-order valence-corrected chi connectivity index (χ4v) is 2.18. The van der Waals surface area contributed by atoms with Gasteiger partial charge in [0.2, 0.25) is 0 Å². The molecular weight excluding hydrogens is 270 g/mol. The van der Waals surface area contributed by atoms with E-state index in [-0.39, 0.29) is 10.6 Å². The van der Waals surface area contributed by atoms with Gasteiger partial charge >= 0.3 is 5.69 Å². The highest BCUT2D eigenvalue weighted by Crippen LogP contribution is 2.35. The molecule has 0 spiro atoms. The van der Waals surface area contributed by atoms with Crippen molar-refractivity contribution >= 4 is 17.1 Å². The van der Waals surface area contributed by atoms with Gasteiger partial charge in [-0.15, -0.1) is 0 Å². The molecule has 0 aliphatic heterocycles. The number of benzene rings is 1. The maximum Gasteiger partial charge on any atom is 0.315 e. The summed E-state index contributed by atoms with van der Waals surface area (Å²) in [5, 5.41) is 14.5. The van der Waals surface area contributed by atoms with E-state index < -0.39 is 0 Å². The molecule has 1 aromatic heterocycles. The lowest BCUT2D eigenvalue weighted by molar-refractivity contribution is -0.383. The third-order valence-electron chi connectivity index (χ3n) is 3.17. The van der Waals surface area contributed by atoms with Crippen molar-refractivity contribution in [3.8, 4) is 0 Å². The highest BCUT2D eigenvalue weighted by atomic mass is 16.6. The average molecular weight is 289 g/mol. The van der Waals surface area contributed by atoms with Gasteiger partial charge in [0.05, 0.1) is 17.4 Å². The number of rotatable bonds is 7. The third-order valence-corrected chi connectivity index (χ3v) is 3.17. The first-order chi connectivity index (χ1) is 10.1. The Kier molecular flexibility index (Phi) is 4.81. The number of hydrogen-bond acceptors (Lipinski definition) is 5. The molecule has 0 amide bonds. The van der Waals surface area contributed by atoms with Crippen LogP contribution in [-0.4, -0.2) is 18.5 Å². The Morgan fingerprint density at radius 2 is 2.19 bits per heavy atom. The summed E-state index contributed by atoms with van der Waals surface area (Å²) in [6.07, 6.45) is 4.14. The normalized spacial score (nSPS) is 10.4. The molecule has 2 aromatic rings. The van der Waals surface area contributed by atoms with Crippen LogP contribution in [0.15, 0.2) is 41.2 Å². The van der Waals surface area contributed by atoms with Crippen LogP contribution in [0, 0.1) is 10.1 Å². The molecule has 0 saturated heterocycles. The highest BCUT2D eigenvalue weighted by molar-refractivity contribution is 5.76. The molecule has 0 fully saturated rings. The van der Waals surface area contributed by atoms with E-state index in [0.717, 1.165) is 12.0 Å². The molecule has 21 heavy (non-hydrogen) atoms. The lowest BCUT2D eigenvalue weighted by atomic mass is 10.2. The Labute approximate surface area is 123 Å². The fourth-order valence-electron chi connectivity index (χ4n) is 2.18. The number of nitrogens with zero attached hydrogens (tertiary/aromatic N) is 2. The Balaban J connectivity index is 2.30. The monoisotopic (exact) mass is 289 g/mol. The van der Waals surface area contributed by atoms with Gasteiger partial charge in [0.25, 0.3) is 0 Å². The molecular formula is C15H19N3O3. The second kappa shape index (κ2) is 6.78. The van der Waals surface area contributed by atoms with E-state index >= 15 is 0 Å². The van der Waals surface area contributed by atoms with E-state index in [9.17, 15) is 10.1 Å². The van der Waals surface area contributed by atoms with E-state index in [1.165, 1.54) is 0 Å². The van der Waals surface area contributed by atoms with Crippen molar-refractivity contribution in [2.24, 2.45) is 0 Å². The molecule has 0 bridgehead atoms. The highest BCUT2D eigenvalue weighted by Gasteiger charge is 2.22. The van der Waals surface area contributed by atoms with Crippen LogP contribution in [0.5, 0.6) is 0 Å². The summed E-state index contributed by atoms with van der Waals surface area (Å²) in [6, 6.07) is 7.17. The molecule has 2 rings (SSSR count). The van der Waals surface area contributed by atoms with Crippen LogP contribution in [0.1, 0.15) is 18.9 Å². The van der Waals surface area contributed by atoms with Crippen molar-refractivity contribution in [2.75, 3.05) is 23.8 Å². The molecule has 112 valence electrons. The molecule has 0 aliphatic rings. The summed E-state index contributed by atoms with van der Waals surface area (Å²) in [5.41, 5.74) is 2.22. The Morgan fingerprint density at radius 1 is 1.38 bits per heavy atom. The van der Waals surface area contributed by atoms with Crippen LogP contribution in [0.4, 0.5) is 17.1 Å². The predicted molar refractivity (Wildman–Crippen MR) is 82.7 cm³/mol. The lowest BCUT2D eigenvalue weighted by Gasteiger charge is -2.19. The molecule has 1 heterocycles. The quantitative estimate of drug-likeness (QED) is 0.622. The molecule has 6 heteroatoms. The zero-order chi connectivity index (χ0) is 15.2. The standard InChI is InChI=1S/C15H19N3O3/c1-3-8-16-13-5-4-6-14(15(13)18(19)20)17(2)10-12-7-9-21-11-12/h4-7,9,11,16H,3,8,10H2,1-2H3. The average Bonchev–Trinajstić information content (AvgIpc) is 2.97. The van der Waals surface area contributed by atoms with E-state index in [0.29, 0.717) is 24.5 Å². The minimum Gasteiger partial charge on any atom is -0.472 e. The number of nitro benzene ring substituents is 1. The van der Waals surface area contributed by atoms with Crippen molar-refractivity contribution in [1.82, 2.24) is 0 Å². The van der Waals surface area contributed by atoms with Crippen molar-refractivity contribution in [1.29, 1.82) is 0 Å². The van der Waals surface area contributed by atoms with Gasteiger partial charge in [0.1, 0.15) is 11.4 Å². The number of hydrogen-bond donors (Lipinski definition) is 1. The zero-order valence-corrected chi connectivity index (χ0v) is 12.2. The summed E-state index contributed by atoms with van der Waals surface area (Å²) in [5.74, 6) is 0. The Bertz CT molecular complexity index is 596. The zero-order valence-electron chi connectivity index (χ0n) is 12.2. The van der Waals surface area contributed by atoms with Gasteiger partial charge in [-0.05, 0) is 24.6 Å². The van der Waals surface area contributed by atoms with E-state index in [1.807, 2.05) is 31.0 Å². The number of para-hydroxylation sites is 1. The molecule has 0 unspecified atom stereocenters. The van der Waals surface area contributed by atoms with Crippen molar-refractivity contribution < 1.29 is 9.34 Å². The topological polar surface area (TPSA) is 71.5 Å². The summed E-state index contributed by atoms with van der Waals surface area (Å²) < 4.78 is 5.03. The van der Waals surface area contributed by atoms with Gasteiger partial charge < -0.3 is 14.6 Å².